The number of nitrogens with zero attached hydrogens (tertiary/aromatic N) is 3. The Morgan fingerprint density at radius 3 is 2.37 bits per heavy atom. The number of hydrogen-bond acceptors (Lipinski definition) is 6. The van der Waals surface area contributed by atoms with Crippen molar-refractivity contribution in [3.63, 3.8) is 0 Å². The SMILES string of the molecule is CC(=O)N1CCC(C(C)(O)c2cc(F)c3c(c2)C(=O)N(Cc2ccc(Cl)cn2)[C@@]3(OCNC(=O)C2CC2)c2ccc(Cl)cc2)CC1. The van der Waals surface area contributed by atoms with Crippen LogP contribution < -0.4 is 5.32 Å². The van der Waals surface area contributed by atoms with Gasteiger partial charge in [-0.3, -0.25) is 24.3 Å². The lowest BCUT2D eigenvalue weighted by molar-refractivity contribution is -0.137. The number of amides is 3. The number of piperidine rings is 1. The number of aromatic nitrogens is 1. The number of ether oxygens (including phenoxy) is 1. The zero-order valence-electron chi connectivity index (χ0n) is 25.6. The Morgan fingerprint density at radius 2 is 1.76 bits per heavy atom. The van der Waals surface area contributed by atoms with E-state index in [2.05, 4.69) is 10.3 Å². The lowest BCUT2D eigenvalue weighted by Crippen LogP contribution is -2.49. The molecule has 12 heteroatoms. The van der Waals surface area contributed by atoms with Gasteiger partial charge in [0.05, 0.1) is 34.0 Å². The van der Waals surface area contributed by atoms with Crippen molar-refractivity contribution in [1.82, 2.24) is 20.1 Å². The fraction of sp³-hybridized carbons (Fsp3) is 0.412. The third kappa shape index (κ3) is 5.99. The van der Waals surface area contributed by atoms with Crippen LogP contribution in [0, 0.1) is 17.7 Å². The standard InChI is InChI=1S/C34H35Cl2FN4O5/c1-20(42)40-13-11-22(12-14-40)33(2,45)24-15-28-30(29(37)16-24)34(23-5-7-25(35)8-6-23,46-19-39-31(43)21-3-4-21)41(32(28)44)18-27-10-9-26(36)17-38-27/h5-10,15-17,21-22,45H,3-4,11-14,18-19H2,1-2H3,(H,39,43)/t33?,34-/m1/s1. The molecule has 0 bridgehead atoms. The predicted octanol–water partition coefficient (Wildman–Crippen LogP) is 5.35. The Kier molecular flexibility index (Phi) is 8.84. The van der Waals surface area contributed by atoms with Gasteiger partial charge in [0, 0.05) is 42.7 Å². The summed E-state index contributed by atoms with van der Waals surface area (Å²) in [5.41, 5.74) is -2.21. The molecule has 1 aliphatic carbocycles. The first-order valence-corrected chi connectivity index (χ1v) is 16.1. The summed E-state index contributed by atoms with van der Waals surface area (Å²) in [4.78, 5) is 46.4. The van der Waals surface area contributed by atoms with Gasteiger partial charge >= 0.3 is 0 Å². The fourth-order valence-corrected chi connectivity index (χ4v) is 6.82. The van der Waals surface area contributed by atoms with E-state index in [1.807, 2.05) is 0 Å². The van der Waals surface area contributed by atoms with Gasteiger partial charge in [0.1, 0.15) is 12.5 Å². The third-order valence-corrected chi connectivity index (χ3v) is 9.90. The molecule has 2 N–H and O–H groups in total. The highest BCUT2D eigenvalue weighted by molar-refractivity contribution is 6.30. The molecule has 1 unspecified atom stereocenters. The van der Waals surface area contributed by atoms with Crippen molar-refractivity contribution < 1.29 is 28.6 Å². The van der Waals surface area contributed by atoms with Gasteiger partial charge in [-0.15, -0.1) is 0 Å². The summed E-state index contributed by atoms with van der Waals surface area (Å²) in [5.74, 6) is -1.87. The quantitative estimate of drug-likeness (QED) is 0.297. The van der Waals surface area contributed by atoms with Gasteiger partial charge in [0.2, 0.25) is 17.5 Å². The molecule has 6 rings (SSSR count). The van der Waals surface area contributed by atoms with E-state index in [4.69, 9.17) is 27.9 Å². The van der Waals surface area contributed by atoms with Crippen molar-refractivity contribution in [2.45, 2.75) is 57.4 Å². The Morgan fingerprint density at radius 1 is 1.09 bits per heavy atom. The molecular formula is C34H35Cl2FN4O5. The molecule has 2 fully saturated rings. The van der Waals surface area contributed by atoms with Crippen LogP contribution in [-0.2, 0) is 32.2 Å². The maximum Gasteiger partial charge on any atom is 0.257 e. The Balaban J connectivity index is 1.45. The number of aliphatic hydroxyl groups is 1. The summed E-state index contributed by atoms with van der Waals surface area (Å²) in [6.07, 6.45) is 4.07. The number of nitrogens with one attached hydrogen (secondary N) is 1. The van der Waals surface area contributed by atoms with E-state index in [0.717, 1.165) is 12.8 Å². The largest absolute Gasteiger partial charge is 0.385 e. The monoisotopic (exact) mass is 668 g/mol. The average molecular weight is 670 g/mol. The first-order chi connectivity index (χ1) is 21.9. The molecule has 9 nitrogen and oxygen atoms in total. The summed E-state index contributed by atoms with van der Waals surface area (Å²) in [6, 6.07) is 12.6. The zero-order valence-corrected chi connectivity index (χ0v) is 27.1. The van der Waals surface area contributed by atoms with Gasteiger partial charge in [-0.2, -0.15) is 0 Å². The summed E-state index contributed by atoms with van der Waals surface area (Å²) in [6.45, 7) is 3.70. The normalized spacial score (nSPS) is 21.2. The van der Waals surface area contributed by atoms with Crippen LogP contribution in [0.2, 0.25) is 10.0 Å². The van der Waals surface area contributed by atoms with Crippen LogP contribution in [-0.4, -0.2) is 57.4 Å². The second-order valence-corrected chi connectivity index (χ2v) is 13.3. The molecule has 2 atom stereocenters. The second-order valence-electron chi connectivity index (χ2n) is 12.4. The van der Waals surface area contributed by atoms with E-state index in [1.54, 1.807) is 48.2 Å². The first kappa shape index (κ1) is 32.4. The lowest BCUT2D eigenvalue weighted by atomic mass is 9.76. The van der Waals surface area contributed by atoms with Crippen molar-refractivity contribution >= 4 is 40.9 Å². The number of fused-ring (bicyclic) bond motifs is 1. The molecule has 3 aromatic rings. The fourth-order valence-electron chi connectivity index (χ4n) is 6.58. The van der Waals surface area contributed by atoms with Crippen LogP contribution in [0.15, 0.2) is 54.7 Å². The van der Waals surface area contributed by atoms with E-state index in [-0.39, 0.29) is 53.6 Å². The van der Waals surface area contributed by atoms with E-state index >= 15 is 4.39 Å². The van der Waals surface area contributed by atoms with Crippen LogP contribution in [0.3, 0.4) is 0 Å². The number of benzene rings is 2. The lowest BCUT2D eigenvalue weighted by Gasteiger charge is -2.40. The Hall–Kier alpha value is -3.57. The number of carbonyl (C=O) groups is 3. The summed E-state index contributed by atoms with van der Waals surface area (Å²) in [5, 5.41) is 15.4. The molecule has 2 aromatic carbocycles. The molecule has 46 heavy (non-hydrogen) atoms. The highest BCUT2D eigenvalue weighted by Gasteiger charge is 2.55. The first-order valence-electron chi connectivity index (χ1n) is 15.3. The van der Waals surface area contributed by atoms with Crippen molar-refractivity contribution in [3.05, 3.63) is 98.5 Å². The Labute approximate surface area is 276 Å². The van der Waals surface area contributed by atoms with Gasteiger partial charge in [-0.25, -0.2) is 4.39 Å². The number of likely N-dealkylation sites (tertiary alicyclic amines) is 1. The number of pyridine rings is 1. The van der Waals surface area contributed by atoms with Crippen LogP contribution in [0.4, 0.5) is 4.39 Å². The summed E-state index contributed by atoms with van der Waals surface area (Å²) < 4.78 is 23.2. The summed E-state index contributed by atoms with van der Waals surface area (Å²) >= 11 is 12.3. The number of halogens is 3. The smallest absolute Gasteiger partial charge is 0.257 e. The van der Waals surface area contributed by atoms with E-state index < -0.39 is 23.1 Å². The van der Waals surface area contributed by atoms with Gasteiger partial charge in [-0.05, 0) is 80.5 Å². The van der Waals surface area contributed by atoms with Crippen LogP contribution in [0.1, 0.15) is 72.3 Å². The third-order valence-electron chi connectivity index (χ3n) is 9.42. The topological polar surface area (TPSA) is 112 Å². The minimum Gasteiger partial charge on any atom is -0.385 e. The number of rotatable bonds is 9. The van der Waals surface area contributed by atoms with Crippen LogP contribution in [0.25, 0.3) is 0 Å². The Bertz CT molecular complexity index is 1660. The molecule has 1 aromatic heterocycles. The van der Waals surface area contributed by atoms with Crippen LogP contribution >= 0.6 is 23.2 Å². The van der Waals surface area contributed by atoms with Gasteiger partial charge < -0.3 is 20.1 Å². The molecule has 3 aliphatic rings. The van der Waals surface area contributed by atoms with Crippen molar-refractivity contribution in [2.24, 2.45) is 11.8 Å². The molecule has 0 spiro atoms. The minimum absolute atomic E-state index is 0.0221. The van der Waals surface area contributed by atoms with E-state index in [9.17, 15) is 19.5 Å². The predicted molar refractivity (Wildman–Crippen MR) is 169 cm³/mol. The summed E-state index contributed by atoms with van der Waals surface area (Å²) in [7, 11) is 0. The van der Waals surface area contributed by atoms with Gasteiger partial charge in [0.25, 0.3) is 5.91 Å². The molecule has 2 aliphatic heterocycles. The van der Waals surface area contributed by atoms with Gasteiger partial charge in [0.15, 0.2) is 0 Å². The zero-order chi connectivity index (χ0) is 32.8. The molecular weight excluding hydrogens is 634 g/mol. The number of hydrogen-bond donors (Lipinski definition) is 2. The number of carbonyl (C=O) groups excluding carboxylic acids is 3. The van der Waals surface area contributed by atoms with Crippen molar-refractivity contribution in [3.8, 4) is 0 Å². The van der Waals surface area contributed by atoms with Crippen molar-refractivity contribution in [1.29, 1.82) is 0 Å². The average Bonchev–Trinajstić information content (AvgIpc) is 3.86. The van der Waals surface area contributed by atoms with Crippen LogP contribution in [0.5, 0.6) is 0 Å². The second kappa shape index (κ2) is 12.6. The molecule has 3 heterocycles. The van der Waals surface area contributed by atoms with Gasteiger partial charge in [-0.1, -0.05) is 35.3 Å². The molecule has 3 amide bonds. The highest BCUT2D eigenvalue weighted by atomic mass is 35.5. The maximum absolute atomic E-state index is 16.8. The minimum atomic E-state index is -1.82. The molecule has 1 saturated carbocycles. The highest BCUT2D eigenvalue weighted by Crippen LogP contribution is 2.49. The van der Waals surface area contributed by atoms with E-state index in [0.29, 0.717) is 47.2 Å². The van der Waals surface area contributed by atoms with Crippen molar-refractivity contribution in [2.75, 3.05) is 19.8 Å². The maximum atomic E-state index is 16.8. The molecule has 1 saturated heterocycles. The van der Waals surface area contributed by atoms with E-state index in [1.165, 1.54) is 30.2 Å². The molecule has 0 radical (unpaired) electrons. The molecule has 242 valence electrons.